The number of thiophene rings is 1. The number of anilines is 1. The van der Waals surface area contributed by atoms with Crippen LogP contribution in [0.15, 0.2) is 42.7 Å². The fourth-order valence-electron chi connectivity index (χ4n) is 3.47. The first-order valence-electron chi connectivity index (χ1n) is 8.70. The summed E-state index contributed by atoms with van der Waals surface area (Å²) in [4.78, 5) is 26.5. The first-order chi connectivity index (χ1) is 12.7. The molecule has 1 aromatic carbocycles. The van der Waals surface area contributed by atoms with Gasteiger partial charge in [0, 0.05) is 24.5 Å². The molecule has 1 aliphatic rings. The second-order valence-corrected chi connectivity index (χ2v) is 7.45. The number of hydrogen-bond acceptors (Lipinski definition) is 5. The van der Waals surface area contributed by atoms with Gasteiger partial charge >= 0.3 is 6.09 Å². The highest BCUT2D eigenvalue weighted by molar-refractivity contribution is 7.18. The second kappa shape index (κ2) is 6.92. The van der Waals surface area contributed by atoms with Gasteiger partial charge in [-0.1, -0.05) is 37.3 Å². The molecule has 0 spiro atoms. The first kappa shape index (κ1) is 16.8. The van der Waals surface area contributed by atoms with Crippen molar-refractivity contribution in [3.63, 3.8) is 0 Å². The Kier molecular flexibility index (Phi) is 4.46. The molecule has 0 bridgehead atoms. The van der Waals surface area contributed by atoms with E-state index in [1.165, 1.54) is 9.78 Å². The van der Waals surface area contributed by atoms with Gasteiger partial charge in [0.05, 0.1) is 11.4 Å². The lowest BCUT2D eigenvalue weighted by molar-refractivity contribution is 0.134. The zero-order valence-electron chi connectivity index (χ0n) is 14.5. The number of piperazine rings is 1. The maximum Gasteiger partial charge on any atom is 0.407 e. The topological polar surface area (TPSA) is 69.6 Å². The van der Waals surface area contributed by atoms with E-state index in [9.17, 15) is 9.90 Å². The predicted octanol–water partition coefficient (Wildman–Crippen LogP) is 3.80. The average Bonchev–Trinajstić information content (AvgIpc) is 3.11. The Morgan fingerprint density at radius 3 is 2.81 bits per heavy atom. The van der Waals surface area contributed by atoms with Crippen LogP contribution in [0.5, 0.6) is 0 Å². The SMILES string of the molecule is CCc1cc2c(N3CCN(C(=O)O)CC3c3ccccc3)ncnc2s1. The molecule has 4 rings (SSSR count). The minimum absolute atomic E-state index is 0.0656. The molecular weight excluding hydrogens is 348 g/mol. The molecule has 1 saturated heterocycles. The van der Waals surface area contributed by atoms with Gasteiger partial charge in [0.25, 0.3) is 0 Å². The van der Waals surface area contributed by atoms with Crippen LogP contribution in [0.3, 0.4) is 0 Å². The van der Waals surface area contributed by atoms with Crippen LogP contribution >= 0.6 is 11.3 Å². The molecule has 1 N–H and O–H groups in total. The van der Waals surface area contributed by atoms with E-state index in [1.54, 1.807) is 17.7 Å². The van der Waals surface area contributed by atoms with Crippen LogP contribution in [0.4, 0.5) is 10.6 Å². The molecule has 1 fully saturated rings. The van der Waals surface area contributed by atoms with Crippen LogP contribution in [0, 0.1) is 0 Å². The molecule has 3 heterocycles. The van der Waals surface area contributed by atoms with E-state index in [4.69, 9.17) is 0 Å². The van der Waals surface area contributed by atoms with E-state index in [0.717, 1.165) is 28.0 Å². The van der Waals surface area contributed by atoms with Crippen LogP contribution < -0.4 is 4.90 Å². The maximum atomic E-state index is 11.5. The summed E-state index contributed by atoms with van der Waals surface area (Å²) in [5.74, 6) is 0.893. The predicted molar refractivity (Wildman–Crippen MR) is 103 cm³/mol. The van der Waals surface area contributed by atoms with Crippen LogP contribution in [-0.2, 0) is 6.42 Å². The molecule has 6 nitrogen and oxygen atoms in total. The fraction of sp³-hybridized carbons (Fsp3) is 0.316. The quantitative estimate of drug-likeness (QED) is 0.762. The number of amides is 1. The number of carbonyl (C=O) groups is 1. The van der Waals surface area contributed by atoms with Gasteiger partial charge < -0.3 is 14.9 Å². The molecule has 0 saturated carbocycles. The van der Waals surface area contributed by atoms with Crippen molar-refractivity contribution in [3.05, 3.63) is 53.2 Å². The molecule has 7 heteroatoms. The summed E-state index contributed by atoms with van der Waals surface area (Å²) in [6, 6.07) is 12.1. The van der Waals surface area contributed by atoms with Crippen LogP contribution in [0.2, 0.25) is 0 Å². The van der Waals surface area contributed by atoms with Gasteiger partial charge in [0.15, 0.2) is 0 Å². The summed E-state index contributed by atoms with van der Waals surface area (Å²) in [5.41, 5.74) is 1.09. The molecule has 1 amide bonds. The molecule has 26 heavy (non-hydrogen) atoms. The van der Waals surface area contributed by atoms with Crippen LogP contribution in [0.25, 0.3) is 10.2 Å². The van der Waals surface area contributed by atoms with Crippen LogP contribution in [0.1, 0.15) is 23.4 Å². The molecule has 0 aliphatic carbocycles. The summed E-state index contributed by atoms with van der Waals surface area (Å²) in [7, 11) is 0. The third-order valence-electron chi connectivity index (χ3n) is 4.82. The van der Waals surface area contributed by atoms with Crippen molar-refractivity contribution in [3.8, 4) is 0 Å². The Hall–Kier alpha value is -2.67. The highest BCUT2D eigenvalue weighted by Crippen LogP contribution is 2.36. The highest BCUT2D eigenvalue weighted by atomic mass is 32.1. The molecule has 3 aromatic rings. The van der Waals surface area contributed by atoms with E-state index >= 15 is 0 Å². The number of benzene rings is 1. The molecule has 0 radical (unpaired) electrons. The number of aryl methyl sites for hydroxylation is 1. The fourth-order valence-corrected chi connectivity index (χ4v) is 4.40. The van der Waals surface area contributed by atoms with E-state index < -0.39 is 6.09 Å². The number of aromatic nitrogens is 2. The van der Waals surface area contributed by atoms with Crippen molar-refractivity contribution in [2.24, 2.45) is 0 Å². The largest absolute Gasteiger partial charge is 0.465 e. The van der Waals surface area contributed by atoms with Gasteiger partial charge in [0.2, 0.25) is 0 Å². The lowest BCUT2D eigenvalue weighted by Crippen LogP contribution is -2.50. The summed E-state index contributed by atoms with van der Waals surface area (Å²) in [5, 5.41) is 10.5. The molecule has 1 unspecified atom stereocenters. The number of rotatable bonds is 3. The summed E-state index contributed by atoms with van der Waals surface area (Å²) < 4.78 is 0. The van der Waals surface area contributed by atoms with Gasteiger partial charge in [-0.15, -0.1) is 11.3 Å². The standard InChI is InChI=1S/C19H20N4O2S/c1-2-14-10-15-17(20-12-21-18(15)26-14)23-9-8-22(19(24)25)11-16(23)13-6-4-3-5-7-13/h3-7,10,12,16H,2,8-9,11H2,1H3,(H,24,25). The van der Waals surface area contributed by atoms with Crippen molar-refractivity contribution in [1.29, 1.82) is 0 Å². The van der Waals surface area contributed by atoms with Gasteiger partial charge in [0.1, 0.15) is 17.0 Å². The Morgan fingerprint density at radius 2 is 2.08 bits per heavy atom. The molecule has 1 atom stereocenters. The Bertz CT molecular complexity index is 928. The monoisotopic (exact) mass is 368 g/mol. The third-order valence-corrected chi connectivity index (χ3v) is 6.00. The van der Waals surface area contributed by atoms with Gasteiger partial charge in [-0.05, 0) is 18.1 Å². The number of nitrogens with zero attached hydrogens (tertiary/aromatic N) is 4. The lowest BCUT2D eigenvalue weighted by atomic mass is 10.0. The van der Waals surface area contributed by atoms with Crippen LogP contribution in [-0.4, -0.2) is 45.7 Å². The minimum atomic E-state index is -0.873. The van der Waals surface area contributed by atoms with E-state index in [2.05, 4.69) is 27.9 Å². The first-order valence-corrected chi connectivity index (χ1v) is 9.52. The molecule has 2 aromatic heterocycles. The molecule has 1 aliphatic heterocycles. The van der Waals surface area contributed by atoms with E-state index in [-0.39, 0.29) is 6.04 Å². The Balaban J connectivity index is 1.78. The van der Waals surface area contributed by atoms with Gasteiger partial charge in [-0.25, -0.2) is 14.8 Å². The van der Waals surface area contributed by atoms with Crippen molar-refractivity contribution >= 4 is 33.5 Å². The van der Waals surface area contributed by atoms with Crippen molar-refractivity contribution in [1.82, 2.24) is 14.9 Å². The zero-order chi connectivity index (χ0) is 18.1. The smallest absolute Gasteiger partial charge is 0.407 e. The van der Waals surface area contributed by atoms with E-state index in [0.29, 0.717) is 19.6 Å². The summed E-state index contributed by atoms with van der Waals surface area (Å²) in [6.07, 6.45) is 1.71. The van der Waals surface area contributed by atoms with Gasteiger partial charge in [-0.3, -0.25) is 0 Å². The summed E-state index contributed by atoms with van der Waals surface area (Å²) in [6.45, 7) is 3.63. The maximum absolute atomic E-state index is 11.5. The number of fused-ring (bicyclic) bond motifs is 1. The number of hydrogen-bond donors (Lipinski definition) is 1. The van der Waals surface area contributed by atoms with Crippen molar-refractivity contribution in [2.75, 3.05) is 24.5 Å². The highest BCUT2D eigenvalue weighted by Gasteiger charge is 2.32. The molecule has 134 valence electrons. The number of carboxylic acid groups (broad SMARTS) is 1. The molecular formula is C19H20N4O2S. The van der Waals surface area contributed by atoms with Crippen molar-refractivity contribution < 1.29 is 9.90 Å². The Labute approximate surface area is 155 Å². The summed E-state index contributed by atoms with van der Waals surface area (Å²) >= 11 is 1.70. The average molecular weight is 368 g/mol. The second-order valence-electron chi connectivity index (χ2n) is 6.33. The zero-order valence-corrected chi connectivity index (χ0v) is 15.3. The normalized spacial score (nSPS) is 17.7. The van der Waals surface area contributed by atoms with Crippen molar-refractivity contribution in [2.45, 2.75) is 19.4 Å². The minimum Gasteiger partial charge on any atom is -0.465 e. The Morgan fingerprint density at radius 1 is 1.27 bits per heavy atom. The van der Waals surface area contributed by atoms with E-state index in [1.807, 2.05) is 30.3 Å². The third kappa shape index (κ3) is 2.99. The lowest BCUT2D eigenvalue weighted by Gasteiger charge is -2.41. The van der Waals surface area contributed by atoms with Gasteiger partial charge in [-0.2, -0.15) is 0 Å².